The Kier molecular flexibility index (Phi) is 5.16. The Morgan fingerprint density at radius 1 is 1.24 bits per heavy atom. The summed E-state index contributed by atoms with van der Waals surface area (Å²) in [4.78, 5) is 12.2. The van der Waals surface area contributed by atoms with E-state index >= 15 is 0 Å². The minimum absolute atomic E-state index is 0.184. The van der Waals surface area contributed by atoms with Crippen LogP contribution < -0.4 is 5.32 Å². The van der Waals surface area contributed by atoms with Gasteiger partial charge in [0.25, 0.3) is 5.91 Å². The number of nitriles is 1. The summed E-state index contributed by atoms with van der Waals surface area (Å²) >= 11 is 0. The van der Waals surface area contributed by atoms with Crippen molar-refractivity contribution >= 4 is 12.0 Å². The fraction of sp³-hybridized carbons (Fsp3) is 0.444. The third-order valence-electron chi connectivity index (χ3n) is 4.15. The molecule has 1 aliphatic rings. The van der Waals surface area contributed by atoms with Gasteiger partial charge in [0, 0.05) is 6.04 Å². The summed E-state index contributed by atoms with van der Waals surface area (Å²) in [5.74, 6) is -0.248. The Hall–Kier alpha value is -2.08. The summed E-state index contributed by atoms with van der Waals surface area (Å²) in [7, 11) is 0. The second kappa shape index (κ2) is 7.08. The molecule has 0 unspecified atom stereocenters. The number of carbonyl (C=O) groups excluding carboxylic acids is 1. The van der Waals surface area contributed by atoms with Crippen LogP contribution in [0.3, 0.4) is 0 Å². The molecular formula is C18H22N2O. The molecule has 0 radical (unpaired) electrons. The van der Waals surface area contributed by atoms with Crippen LogP contribution in [0.4, 0.5) is 0 Å². The quantitative estimate of drug-likeness (QED) is 0.679. The van der Waals surface area contributed by atoms with Gasteiger partial charge in [-0.3, -0.25) is 4.79 Å². The van der Waals surface area contributed by atoms with E-state index in [1.165, 1.54) is 12.0 Å². The lowest BCUT2D eigenvalue weighted by molar-refractivity contribution is -0.117. The van der Waals surface area contributed by atoms with Crippen LogP contribution in [0.25, 0.3) is 6.08 Å². The highest BCUT2D eigenvalue weighted by atomic mass is 16.1. The Labute approximate surface area is 126 Å². The molecular weight excluding hydrogens is 260 g/mol. The molecule has 110 valence electrons. The number of nitrogens with zero attached hydrogens (tertiary/aromatic N) is 1. The molecule has 0 atom stereocenters. The zero-order valence-corrected chi connectivity index (χ0v) is 12.8. The Bertz CT molecular complexity index is 590. The highest BCUT2D eigenvalue weighted by Gasteiger charge is 2.18. The second-order valence-electron chi connectivity index (χ2n) is 5.82. The highest BCUT2D eigenvalue weighted by molar-refractivity contribution is 6.01. The van der Waals surface area contributed by atoms with Crippen LogP contribution in [0.5, 0.6) is 0 Å². The summed E-state index contributed by atoms with van der Waals surface area (Å²) < 4.78 is 0. The Balaban J connectivity index is 2.10. The van der Waals surface area contributed by atoms with Crippen molar-refractivity contribution in [3.63, 3.8) is 0 Å². The van der Waals surface area contributed by atoms with Gasteiger partial charge < -0.3 is 5.32 Å². The molecule has 0 heterocycles. The second-order valence-corrected chi connectivity index (χ2v) is 5.82. The van der Waals surface area contributed by atoms with E-state index in [1.807, 2.05) is 38.1 Å². The van der Waals surface area contributed by atoms with Gasteiger partial charge in [0.1, 0.15) is 11.6 Å². The molecule has 3 nitrogen and oxygen atoms in total. The molecule has 3 heteroatoms. The number of nitrogens with one attached hydrogen (secondary N) is 1. The molecule has 1 amide bonds. The molecule has 0 spiro atoms. The number of amides is 1. The third kappa shape index (κ3) is 4.19. The Morgan fingerprint density at radius 3 is 2.57 bits per heavy atom. The maximum Gasteiger partial charge on any atom is 0.262 e. The third-order valence-corrected chi connectivity index (χ3v) is 4.15. The zero-order chi connectivity index (χ0) is 15.2. The summed E-state index contributed by atoms with van der Waals surface area (Å²) in [6, 6.07) is 8.20. The average Bonchev–Trinajstić information content (AvgIpc) is 2.49. The fourth-order valence-corrected chi connectivity index (χ4v) is 2.68. The van der Waals surface area contributed by atoms with Gasteiger partial charge in [0.15, 0.2) is 0 Å². The number of hydrogen-bond acceptors (Lipinski definition) is 2. The van der Waals surface area contributed by atoms with E-state index in [9.17, 15) is 10.1 Å². The largest absolute Gasteiger partial charge is 0.349 e. The minimum Gasteiger partial charge on any atom is -0.349 e. The maximum absolute atomic E-state index is 12.2. The fourth-order valence-electron chi connectivity index (χ4n) is 2.68. The summed E-state index contributed by atoms with van der Waals surface area (Å²) in [5, 5.41) is 12.2. The number of aryl methyl sites for hydroxylation is 2. The first-order valence-corrected chi connectivity index (χ1v) is 7.60. The molecule has 2 rings (SSSR count). The molecule has 1 aromatic rings. The molecule has 0 saturated heterocycles. The van der Waals surface area contributed by atoms with Gasteiger partial charge in [0.05, 0.1) is 0 Å². The van der Waals surface area contributed by atoms with E-state index in [0.29, 0.717) is 0 Å². The first-order valence-electron chi connectivity index (χ1n) is 7.60. The van der Waals surface area contributed by atoms with Crippen LogP contribution in [-0.4, -0.2) is 11.9 Å². The van der Waals surface area contributed by atoms with Crippen LogP contribution in [-0.2, 0) is 4.79 Å². The predicted octanol–water partition coefficient (Wildman–Crippen LogP) is 3.66. The number of benzene rings is 1. The van der Waals surface area contributed by atoms with Crippen molar-refractivity contribution < 1.29 is 4.79 Å². The molecule has 1 saturated carbocycles. The van der Waals surface area contributed by atoms with Crippen molar-refractivity contribution in [2.24, 2.45) is 0 Å². The van der Waals surface area contributed by atoms with Crippen LogP contribution in [0.15, 0.2) is 23.8 Å². The van der Waals surface area contributed by atoms with E-state index in [1.54, 1.807) is 6.08 Å². The van der Waals surface area contributed by atoms with Crippen LogP contribution >= 0.6 is 0 Å². The maximum atomic E-state index is 12.2. The number of carbonyl (C=O) groups is 1. The normalized spacial score (nSPS) is 16.3. The van der Waals surface area contributed by atoms with Crippen LogP contribution in [0, 0.1) is 25.2 Å². The first kappa shape index (κ1) is 15.3. The van der Waals surface area contributed by atoms with E-state index < -0.39 is 0 Å². The summed E-state index contributed by atoms with van der Waals surface area (Å²) in [5.41, 5.74) is 3.45. The standard InChI is InChI=1S/C18H22N2O/c1-13-8-9-15(10-14(13)2)11-16(12-19)18(21)20-17-6-4-3-5-7-17/h8-11,17H,3-7H2,1-2H3,(H,20,21). The Morgan fingerprint density at radius 2 is 1.95 bits per heavy atom. The number of rotatable bonds is 3. The van der Waals surface area contributed by atoms with Crippen LogP contribution in [0.2, 0.25) is 0 Å². The van der Waals surface area contributed by atoms with Crippen molar-refractivity contribution in [2.75, 3.05) is 0 Å². The molecule has 21 heavy (non-hydrogen) atoms. The highest BCUT2D eigenvalue weighted by Crippen LogP contribution is 2.18. The van der Waals surface area contributed by atoms with Crippen molar-refractivity contribution in [1.82, 2.24) is 5.32 Å². The lowest BCUT2D eigenvalue weighted by Crippen LogP contribution is -2.36. The topological polar surface area (TPSA) is 52.9 Å². The molecule has 0 aromatic heterocycles. The van der Waals surface area contributed by atoms with Crippen molar-refractivity contribution in [2.45, 2.75) is 52.0 Å². The summed E-state index contributed by atoms with van der Waals surface area (Å²) in [6.07, 6.45) is 7.28. The molecule has 1 fully saturated rings. The van der Waals surface area contributed by atoms with Gasteiger partial charge in [-0.2, -0.15) is 5.26 Å². The van der Waals surface area contributed by atoms with Crippen molar-refractivity contribution in [3.8, 4) is 6.07 Å². The predicted molar refractivity (Wildman–Crippen MR) is 84.5 cm³/mol. The molecule has 1 aliphatic carbocycles. The minimum atomic E-state index is -0.248. The monoisotopic (exact) mass is 282 g/mol. The van der Waals surface area contributed by atoms with Gasteiger partial charge >= 0.3 is 0 Å². The number of hydrogen-bond donors (Lipinski definition) is 1. The van der Waals surface area contributed by atoms with Gasteiger partial charge in [-0.05, 0) is 49.5 Å². The van der Waals surface area contributed by atoms with E-state index in [0.717, 1.165) is 36.8 Å². The molecule has 1 N–H and O–H groups in total. The van der Waals surface area contributed by atoms with E-state index in [4.69, 9.17) is 0 Å². The lowest BCUT2D eigenvalue weighted by Gasteiger charge is -2.22. The van der Waals surface area contributed by atoms with Crippen molar-refractivity contribution in [3.05, 3.63) is 40.5 Å². The molecule has 0 bridgehead atoms. The van der Waals surface area contributed by atoms with Gasteiger partial charge in [-0.25, -0.2) is 0 Å². The van der Waals surface area contributed by atoms with Gasteiger partial charge in [0.2, 0.25) is 0 Å². The van der Waals surface area contributed by atoms with Gasteiger partial charge in [-0.1, -0.05) is 37.5 Å². The van der Waals surface area contributed by atoms with Crippen LogP contribution in [0.1, 0.15) is 48.8 Å². The lowest BCUT2D eigenvalue weighted by atomic mass is 9.95. The average molecular weight is 282 g/mol. The molecule has 0 aliphatic heterocycles. The molecule has 1 aromatic carbocycles. The van der Waals surface area contributed by atoms with Gasteiger partial charge in [-0.15, -0.1) is 0 Å². The van der Waals surface area contributed by atoms with Crippen molar-refractivity contribution in [1.29, 1.82) is 5.26 Å². The zero-order valence-electron chi connectivity index (χ0n) is 12.8. The SMILES string of the molecule is Cc1ccc(C=C(C#N)C(=O)NC2CCCCC2)cc1C. The first-order chi connectivity index (χ1) is 10.1. The van der Waals surface area contributed by atoms with E-state index in [-0.39, 0.29) is 17.5 Å². The smallest absolute Gasteiger partial charge is 0.262 e. The van der Waals surface area contributed by atoms with E-state index in [2.05, 4.69) is 5.32 Å². The summed E-state index contributed by atoms with van der Waals surface area (Å²) in [6.45, 7) is 4.07.